The second kappa shape index (κ2) is 7.97. The van der Waals surface area contributed by atoms with E-state index in [1.165, 1.54) is 24.5 Å². The molecule has 0 aliphatic carbocycles. The van der Waals surface area contributed by atoms with Gasteiger partial charge in [0.2, 0.25) is 6.10 Å². The third kappa shape index (κ3) is 4.26. The lowest BCUT2D eigenvalue weighted by molar-refractivity contribution is -0.135. The van der Waals surface area contributed by atoms with Crippen molar-refractivity contribution in [3.63, 3.8) is 0 Å². The standard InChI is InChI=1S/C17H15N3O6/c21-15(10-25-17(23)11-5-7-18-8-6-11)19-20-16(22)14-9-24-12-3-1-2-4-13(12)26-14/h1-8,14H,9-10H2,(H,19,21)(H,20,22)/t14-/m1/s1. The van der Waals surface area contributed by atoms with Crippen molar-refractivity contribution in [1.82, 2.24) is 15.8 Å². The van der Waals surface area contributed by atoms with Crippen LogP contribution in [-0.2, 0) is 14.3 Å². The molecular weight excluding hydrogens is 342 g/mol. The van der Waals surface area contributed by atoms with Crippen molar-refractivity contribution in [2.75, 3.05) is 13.2 Å². The van der Waals surface area contributed by atoms with Gasteiger partial charge in [0.05, 0.1) is 5.56 Å². The van der Waals surface area contributed by atoms with E-state index < -0.39 is 30.5 Å². The van der Waals surface area contributed by atoms with Crippen LogP contribution in [0.5, 0.6) is 11.5 Å². The summed E-state index contributed by atoms with van der Waals surface area (Å²) in [6.07, 6.45) is 1.95. The Balaban J connectivity index is 1.42. The largest absolute Gasteiger partial charge is 0.485 e. The molecule has 134 valence electrons. The van der Waals surface area contributed by atoms with E-state index in [0.717, 1.165) is 0 Å². The molecule has 3 rings (SSSR count). The summed E-state index contributed by atoms with van der Waals surface area (Å²) in [6.45, 7) is -0.540. The van der Waals surface area contributed by atoms with Crippen LogP contribution in [0.3, 0.4) is 0 Å². The molecule has 0 saturated carbocycles. The molecule has 2 aromatic rings. The zero-order valence-corrected chi connectivity index (χ0v) is 13.5. The summed E-state index contributed by atoms with van der Waals surface area (Å²) in [5.41, 5.74) is 4.62. The molecule has 9 nitrogen and oxygen atoms in total. The quantitative estimate of drug-likeness (QED) is 0.594. The van der Waals surface area contributed by atoms with Crippen molar-refractivity contribution in [2.24, 2.45) is 0 Å². The maximum absolute atomic E-state index is 12.0. The number of hydrogen-bond donors (Lipinski definition) is 2. The number of amides is 2. The summed E-state index contributed by atoms with van der Waals surface area (Å²) in [6, 6.07) is 9.85. The first-order valence-corrected chi connectivity index (χ1v) is 7.68. The summed E-state index contributed by atoms with van der Waals surface area (Å²) >= 11 is 0. The van der Waals surface area contributed by atoms with Crippen LogP contribution in [0.2, 0.25) is 0 Å². The number of ether oxygens (including phenoxy) is 3. The van der Waals surface area contributed by atoms with E-state index in [4.69, 9.17) is 14.2 Å². The second-order valence-corrected chi connectivity index (χ2v) is 5.21. The Hall–Kier alpha value is -3.62. The number of carbonyl (C=O) groups is 3. The minimum absolute atomic E-state index is 0.00967. The molecule has 1 aromatic carbocycles. The SMILES string of the molecule is O=C(COC(=O)c1ccncc1)NNC(=O)[C@H]1COc2ccccc2O1. The Kier molecular flexibility index (Phi) is 5.28. The van der Waals surface area contributed by atoms with Crippen molar-refractivity contribution in [2.45, 2.75) is 6.10 Å². The van der Waals surface area contributed by atoms with Crippen LogP contribution in [-0.4, -0.2) is 42.1 Å². The number of hydrazine groups is 1. The molecule has 9 heteroatoms. The van der Waals surface area contributed by atoms with E-state index in [-0.39, 0.29) is 12.2 Å². The minimum atomic E-state index is -0.912. The van der Waals surface area contributed by atoms with Crippen LogP contribution in [0.1, 0.15) is 10.4 Å². The van der Waals surface area contributed by atoms with Gasteiger partial charge in [-0.2, -0.15) is 0 Å². The highest BCUT2D eigenvalue weighted by Crippen LogP contribution is 2.30. The van der Waals surface area contributed by atoms with Gasteiger partial charge in [0, 0.05) is 12.4 Å². The summed E-state index contributed by atoms with van der Waals surface area (Å²) in [7, 11) is 0. The third-order valence-electron chi connectivity index (χ3n) is 3.38. The maximum Gasteiger partial charge on any atom is 0.338 e. The van der Waals surface area contributed by atoms with Crippen molar-refractivity contribution in [3.05, 3.63) is 54.4 Å². The van der Waals surface area contributed by atoms with Gasteiger partial charge in [-0.3, -0.25) is 25.4 Å². The molecule has 2 N–H and O–H groups in total. The van der Waals surface area contributed by atoms with Crippen molar-refractivity contribution in [3.8, 4) is 11.5 Å². The predicted octanol–water partition coefficient (Wildman–Crippen LogP) is 0.226. The summed E-state index contributed by atoms with van der Waals surface area (Å²) in [5.74, 6) is -0.971. The first-order valence-electron chi connectivity index (χ1n) is 7.68. The molecule has 0 bridgehead atoms. The molecule has 1 aliphatic heterocycles. The molecule has 26 heavy (non-hydrogen) atoms. The van der Waals surface area contributed by atoms with Gasteiger partial charge in [0.25, 0.3) is 11.8 Å². The van der Waals surface area contributed by atoms with E-state index in [9.17, 15) is 14.4 Å². The van der Waals surface area contributed by atoms with Crippen molar-refractivity contribution >= 4 is 17.8 Å². The van der Waals surface area contributed by atoms with Gasteiger partial charge < -0.3 is 14.2 Å². The Bertz CT molecular complexity index is 811. The zero-order valence-electron chi connectivity index (χ0n) is 13.5. The average Bonchev–Trinajstić information content (AvgIpc) is 2.70. The average molecular weight is 357 g/mol. The predicted molar refractivity (Wildman–Crippen MR) is 87.2 cm³/mol. The number of fused-ring (bicyclic) bond motifs is 1. The summed E-state index contributed by atoms with van der Waals surface area (Å²) < 4.78 is 15.7. The number of carbonyl (C=O) groups excluding carboxylic acids is 3. The van der Waals surface area contributed by atoms with Crippen LogP contribution in [0.25, 0.3) is 0 Å². The van der Waals surface area contributed by atoms with E-state index in [0.29, 0.717) is 11.5 Å². The van der Waals surface area contributed by atoms with Gasteiger partial charge >= 0.3 is 5.97 Å². The Morgan fingerprint density at radius 1 is 1.08 bits per heavy atom. The Morgan fingerprint density at radius 2 is 1.81 bits per heavy atom. The lowest BCUT2D eigenvalue weighted by atomic mass is 10.2. The molecule has 1 atom stereocenters. The highest BCUT2D eigenvalue weighted by molar-refractivity contribution is 5.91. The topological polar surface area (TPSA) is 116 Å². The molecule has 0 fully saturated rings. The number of aromatic nitrogens is 1. The zero-order chi connectivity index (χ0) is 18.4. The third-order valence-corrected chi connectivity index (χ3v) is 3.38. The smallest absolute Gasteiger partial charge is 0.338 e. The molecule has 0 saturated heterocycles. The number of hydrogen-bond acceptors (Lipinski definition) is 7. The van der Waals surface area contributed by atoms with Crippen LogP contribution in [0.4, 0.5) is 0 Å². The van der Waals surface area contributed by atoms with Gasteiger partial charge in [0.1, 0.15) is 6.61 Å². The molecule has 2 heterocycles. The van der Waals surface area contributed by atoms with Gasteiger partial charge in [-0.15, -0.1) is 0 Å². The van der Waals surface area contributed by atoms with Crippen LogP contribution in [0, 0.1) is 0 Å². The van der Waals surface area contributed by atoms with E-state index >= 15 is 0 Å². The number of esters is 1. The first kappa shape index (κ1) is 17.2. The molecule has 0 radical (unpaired) electrons. The van der Waals surface area contributed by atoms with Crippen molar-refractivity contribution in [1.29, 1.82) is 0 Å². The maximum atomic E-state index is 12.0. The monoisotopic (exact) mass is 357 g/mol. The number of benzene rings is 1. The van der Waals surface area contributed by atoms with Crippen LogP contribution in [0.15, 0.2) is 48.8 Å². The van der Waals surface area contributed by atoms with E-state index in [2.05, 4.69) is 15.8 Å². The highest BCUT2D eigenvalue weighted by Gasteiger charge is 2.27. The highest BCUT2D eigenvalue weighted by atomic mass is 16.6. The van der Waals surface area contributed by atoms with E-state index in [1.54, 1.807) is 24.3 Å². The fourth-order valence-corrected chi connectivity index (χ4v) is 2.10. The molecule has 0 spiro atoms. The Labute approximate surface area is 148 Å². The normalized spacial score (nSPS) is 14.8. The minimum Gasteiger partial charge on any atom is -0.485 e. The fourth-order valence-electron chi connectivity index (χ4n) is 2.10. The van der Waals surface area contributed by atoms with Gasteiger partial charge in [-0.05, 0) is 24.3 Å². The number of rotatable bonds is 4. The van der Waals surface area contributed by atoms with Gasteiger partial charge in [-0.25, -0.2) is 4.79 Å². The summed E-state index contributed by atoms with van der Waals surface area (Å²) in [4.78, 5) is 39.2. The number of para-hydroxylation sites is 2. The van der Waals surface area contributed by atoms with Crippen LogP contribution >= 0.6 is 0 Å². The second-order valence-electron chi connectivity index (χ2n) is 5.21. The first-order chi connectivity index (χ1) is 12.6. The van der Waals surface area contributed by atoms with E-state index in [1.807, 2.05) is 0 Å². The number of nitrogens with zero attached hydrogens (tertiary/aromatic N) is 1. The number of nitrogens with one attached hydrogen (secondary N) is 2. The lowest BCUT2D eigenvalue weighted by Gasteiger charge is -2.25. The summed E-state index contributed by atoms with van der Waals surface area (Å²) in [5, 5.41) is 0. The van der Waals surface area contributed by atoms with Crippen LogP contribution < -0.4 is 20.3 Å². The molecular formula is C17H15N3O6. The molecule has 0 unspecified atom stereocenters. The lowest BCUT2D eigenvalue weighted by Crippen LogP contribution is -2.51. The van der Waals surface area contributed by atoms with Gasteiger partial charge in [0.15, 0.2) is 18.1 Å². The molecule has 1 aromatic heterocycles. The van der Waals surface area contributed by atoms with Crippen molar-refractivity contribution < 1.29 is 28.6 Å². The number of pyridine rings is 1. The molecule has 1 aliphatic rings. The molecule has 2 amide bonds. The Morgan fingerprint density at radius 3 is 2.58 bits per heavy atom. The fraction of sp³-hybridized carbons (Fsp3) is 0.176. The van der Waals surface area contributed by atoms with Gasteiger partial charge in [-0.1, -0.05) is 12.1 Å².